The van der Waals surface area contributed by atoms with E-state index in [0.29, 0.717) is 23.6 Å². The minimum absolute atomic E-state index is 0.0218. The molecule has 0 aliphatic rings. The third kappa shape index (κ3) is 6.61. The molecule has 186 valence electrons. The largest absolute Gasteiger partial charge is 0.493 e. The van der Waals surface area contributed by atoms with Crippen LogP contribution in [0.3, 0.4) is 0 Å². The van der Waals surface area contributed by atoms with Crippen LogP contribution in [0.4, 0.5) is 0 Å². The number of hydrogen-bond donors (Lipinski definition) is 1. The van der Waals surface area contributed by atoms with Gasteiger partial charge in [-0.05, 0) is 58.5 Å². The average Bonchev–Trinajstić information content (AvgIpc) is 2.82. The summed E-state index contributed by atoms with van der Waals surface area (Å²) in [6, 6.07) is 19.4. The molecule has 2 N–H and O–H groups in total. The first kappa shape index (κ1) is 26.2. The van der Waals surface area contributed by atoms with Crippen LogP contribution in [0, 0.1) is 0 Å². The molecule has 35 heavy (non-hydrogen) atoms. The van der Waals surface area contributed by atoms with Gasteiger partial charge in [-0.1, -0.05) is 51.1 Å². The molecule has 7 nitrogen and oxygen atoms in total. The number of nitrogens with two attached hydrogens (primary N) is 1. The van der Waals surface area contributed by atoms with Gasteiger partial charge in [0.1, 0.15) is 0 Å². The Hall–Kier alpha value is -3.36. The number of primary sulfonamides is 1. The maximum atomic E-state index is 13.6. The van der Waals surface area contributed by atoms with E-state index in [2.05, 4.69) is 20.8 Å². The zero-order chi connectivity index (χ0) is 25.8. The van der Waals surface area contributed by atoms with Crippen molar-refractivity contribution in [1.29, 1.82) is 0 Å². The highest BCUT2D eigenvalue weighted by Gasteiger charge is 2.20. The van der Waals surface area contributed by atoms with Gasteiger partial charge in [0, 0.05) is 18.7 Å². The fraction of sp³-hybridized carbons (Fsp3) is 0.296. The van der Waals surface area contributed by atoms with Crippen molar-refractivity contribution in [2.24, 2.45) is 5.14 Å². The Kier molecular flexibility index (Phi) is 7.87. The fourth-order valence-electron chi connectivity index (χ4n) is 3.70. The molecular weight excluding hydrogens is 464 g/mol. The highest BCUT2D eigenvalue weighted by Crippen LogP contribution is 2.29. The lowest BCUT2D eigenvalue weighted by atomic mass is 9.86. The Balaban J connectivity index is 1.94. The summed E-state index contributed by atoms with van der Waals surface area (Å²) in [6.07, 6.45) is 0. The Morgan fingerprint density at radius 1 is 0.829 bits per heavy atom. The molecule has 3 aromatic carbocycles. The maximum Gasteiger partial charge on any atom is 0.254 e. The molecule has 0 aliphatic carbocycles. The smallest absolute Gasteiger partial charge is 0.254 e. The summed E-state index contributed by atoms with van der Waals surface area (Å²) in [5, 5.41) is 5.21. The summed E-state index contributed by atoms with van der Waals surface area (Å²) in [5.41, 5.74) is 3.33. The van der Waals surface area contributed by atoms with Crippen molar-refractivity contribution in [2.75, 3.05) is 14.2 Å². The van der Waals surface area contributed by atoms with Gasteiger partial charge in [0.2, 0.25) is 10.0 Å². The second kappa shape index (κ2) is 10.5. The number of carbonyl (C=O) groups is 1. The van der Waals surface area contributed by atoms with E-state index < -0.39 is 10.0 Å². The second-order valence-corrected chi connectivity index (χ2v) is 10.9. The van der Waals surface area contributed by atoms with Crippen molar-refractivity contribution >= 4 is 15.9 Å². The number of amides is 1. The van der Waals surface area contributed by atoms with Crippen molar-refractivity contribution < 1.29 is 22.7 Å². The number of nitrogens with zero attached hydrogens (tertiary/aromatic N) is 1. The molecule has 0 bridgehead atoms. The predicted molar refractivity (Wildman–Crippen MR) is 136 cm³/mol. The lowest BCUT2D eigenvalue weighted by Gasteiger charge is -2.25. The van der Waals surface area contributed by atoms with Crippen molar-refractivity contribution in [3.63, 3.8) is 0 Å². The van der Waals surface area contributed by atoms with Crippen LogP contribution >= 0.6 is 0 Å². The van der Waals surface area contributed by atoms with Crippen LogP contribution in [-0.4, -0.2) is 33.4 Å². The Labute approximate surface area is 207 Å². The van der Waals surface area contributed by atoms with E-state index in [1.54, 1.807) is 37.3 Å². The van der Waals surface area contributed by atoms with Gasteiger partial charge in [0.05, 0.1) is 19.1 Å². The Morgan fingerprint density at radius 2 is 1.37 bits per heavy atom. The van der Waals surface area contributed by atoms with Crippen LogP contribution in [0.2, 0.25) is 0 Å². The number of benzene rings is 3. The third-order valence-electron chi connectivity index (χ3n) is 5.73. The maximum absolute atomic E-state index is 13.6. The van der Waals surface area contributed by atoms with Crippen LogP contribution in [0.5, 0.6) is 11.5 Å². The molecule has 0 radical (unpaired) electrons. The first-order valence-electron chi connectivity index (χ1n) is 11.1. The van der Waals surface area contributed by atoms with E-state index in [1.165, 1.54) is 12.1 Å². The molecule has 0 aliphatic heterocycles. The molecule has 0 saturated carbocycles. The highest BCUT2D eigenvalue weighted by molar-refractivity contribution is 7.89. The molecule has 1 amide bonds. The van der Waals surface area contributed by atoms with Gasteiger partial charge in [0.25, 0.3) is 5.91 Å². The molecule has 0 spiro atoms. The molecule has 0 heterocycles. The molecule has 0 fully saturated rings. The molecule has 0 aromatic heterocycles. The monoisotopic (exact) mass is 496 g/mol. The molecule has 0 unspecified atom stereocenters. The van der Waals surface area contributed by atoms with Crippen molar-refractivity contribution in [3.8, 4) is 11.5 Å². The van der Waals surface area contributed by atoms with Crippen molar-refractivity contribution in [3.05, 3.63) is 89.0 Å². The average molecular weight is 497 g/mol. The quantitative estimate of drug-likeness (QED) is 0.495. The van der Waals surface area contributed by atoms with Gasteiger partial charge < -0.3 is 14.4 Å². The molecule has 8 heteroatoms. The lowest BCUT2D eigenvalue weighted by Crippen LogP contribution is -2.30. The van der Waals surface area contributed by atoms with E-state index >= 15 is 0 Å². The van der Waals surface area contributed by atoms with Crippen LogP contribution in [0.25, 0.3) is 0 Å². The molecular formula is C27H32N2O5S. The SMILES string of the molecule is COc1ccc(CN(Cc2ccc(S(N)(=O)=O)cc2)C(=O)c2ccc(C(C)(C)C)cc2)cc1OC. The van der Waals surface area contributed by atoms with Gasteiger partial charge in [-0.15, -0.1) is 0 Å². The number of sulfonamides is 1. The second-order valence-electron chi connectivity index (χ2n) is 9.37. The standard InChI is InChI=1S/C27H32N2O5S/c1-27(2,3)22-11-9-21(10-12-22)26(30)29(17-19-6-13-23(14-7-19)35(28,31)32)18-20-8-15-24(33-4)25(16-20)34-5/h6-16H,17-18H2,1-5H3,(H2,28,31,32). The summed E-state index contributed by atoms with van der Waals surface area (Å²) in [4.78, 5) is 15.3. The van der Waals surface area contributed by atoms with E-state index in [1.807, 2.05) is 36.4 Å². The van der Waals surface area contributed by atoms with Crippen molar-refractivity contribution in [2.45, 2.75) is 44.2 Å². The molecule has 0 atom stereocenters. The topological polar surface area (TPSA) is 98.9 Å². The Morgan fingerprint density at radius 3 is 1.89 bits per heavy atom. The summed E-state index contributed by atoms with van der Waals surface area (Å²) in [7, 11) is -0.660. The number of ether oxygens (including phenoxy) is 2. The van der Waals surface area contributed by atoms with Gasteiger partial charge in [-0.2, -0.15) is 0 Å². The van der Waals surface area contributed by atoms with Gasteiger partial charge in [0.15, 0.2) is 11.5 Å². The van der Waals surface area contributed by atoms with Crippen molar-refractivity contribution in [1.82, 2.24) is 4.90 Å². The number of methoxy groups -OCH3 is 2. The Bertz CT molecular complexity index is 1280. The first-order valence-corrected chi connectivity index (χ1v) is 12.7. The lowest BCUT2D eigenvalue weighted by molar-refractivity contribution is 0.0729. The van der Waals surface area contributed by atoms with E-state index in [9.17, 15) is 13.2 Å². The zero-order valence-corrected chi connectivity index (χ0v) is 21.6. The van der Waals surface area contributed by atoms with E-state index in [0.717, 1.165) is 16.7 Å². The van der Waals surface area contributed by atoms with E-state index in [4.69, 9.17) is 14.6 Å². The van der Waals surface area contributed by atoms with Crippen LogP contribution in [0.15, 0.2) is 71.6 Å². The number of carbonyl (C=O) groups excluding carboxylic acids is 1. The molecule has 3 rings (SSSR count). The predicted octanol–water partition coefficient (Wildman–Crippen LogP) is 4.49. The number of hydrogen-bond acceptors (Lipinski definition) is 5. The van der Waals surface area contributed by atoms with E-state index in [-0.39, 0.29) is 22.8 Å². The summed E-state index contributed by atoms with van der Waals surface area (Å²) < 4.78 is 33.9. The molecule has 0 saturated heterocycles. The van der Waals surface area contributed by atoms with Gasteiger partial charge >= 0.3 is 0 Å². The molecule has 3 aromatic rings. The minimum Gasteiger partial charge on any atom is -0.493 e. The van der Waals surface area contributed by atoms with Crippen LogP contribution in [0.1, 0.15) is 47.8 Å². The summed E-state index contributed by atoms with van der Waals surface area (Å²) in [5.74, 6) is 1.03. The first-order chi connectivity index (χ1) is 16.4. The highest BCUT2D eigenvalue weighted by atomic mass is 32.2. The third-order valence-corrected chi connectivity index (χ3v) is 6.66. The minimum atomic E-state index is -3.79. The summed E-state index contributed by atoms with van der Waals surface area (Å²) >= 11 is 0. The van der Waals surface area contributed by atoms with Crippen LogP contribution < -0.4 is 14.6 Å². The fourth-order valence-corrected chi connectivity index (χ4v) is 4.21. The normalized spacial score (nSPS) is 11.7. The number of rotatable bonds is 8. The summed E-state index contributed by atoms with van der Waals surface area (Å²) in [6.45, 7) is 6.96. The zero-order valence-electron chi connectivity index (χ0n) is 20.7. The van der Waals surface area contributed by atoms with Gasteiger partial charge in [-0.3, -0.25) is 4.79 Å². The van der Waals surface area contributed by atoms with Crippen LogP contribution in [-0.2, 0) is 28.5 Å². The van der Waals surface area contributed by atoms with Gasteiger partial charge in [-0.25, -0.2) is 13.6 Å².